The van der Waals surface area contributed by atoms with Crippen LogP contribution in [-0.4, -0.2) is 44.9 Å². The summed E-state index contributed by atoms with van der Waals surface area (Å²) in [6, 6.07) is 9.10. The first-order chi connectivity index (χ1) is 14.7. The number of carbonyl (C=O) groups is 1. The topological polar surface area (TPSA) is 78.5 Å². The van der Waals surface area contributed by atoms with E-state index in [-0.39, 0.29) is 23.0 Å². The first-order valence-electron chi connectivity index (χ1n) is 10.2. The highest BCUT2D eigenvalue weighted by atomic mass is 32.2. The van der Waals surface area contributed by atoms with Crippen molar-refractivity contribution in [2.75, 3.05) is 25.0 Å². The Bertz CT molecular complexity index is 1030. The molecule has 2 aromatic carbocycles. The number of carbonyl (C=O) groups excluding carboxylic acids is 1. The SMILES string of the molecule is Cc1ccc(S(=O)(=O)NCC2CCCN(C(C)C(=O)Nc3ccc(F)cc3F)C2)cc1. The van der Waals surface area contributed by atoms with Crippen LogP contribution in [0.5, 0.6) is 0 Å². The minimum absolute atomic E-state index is 0.0479. The van der Waals surface area contributed by atoms with Gasteiger partial charge < -0.3 is 5.32 Å². The van der Waals surface area contributed by atoms with Crippen LogP contribution in [0, 0.1) is 24.5 Å². The second-order valence-corrected chi connectivity index (χ2v) is 9.72. The normalized spacial score (nSPS) is 18.5. The number of halogens is 2. The van der Waals surface area contributed by atoms with Gasteiger partial charge in [-0.25, -0.2) is 21.9 Å². The third-order valence-corrected chi connectivity index (χ3v) is 7.00. The van der Waals surface area contributed by atoms with Crippen molar-refractivity contribution in [2.45, 2.75) is 37.6 Å². The molecule has 9 heteroatoms. The van der Waals surface area contributed by atoms with E-state index in [1.54, 1.807) is 31.2 Å². The summed E-state index contributed by atoms with van der Waals surface area (Å²) in [5.41, 5.74) is 0.910. The van der Waals surface area contributed by atoms with Crippen molar-refractivity contribution in [1.82, 2.24) is 9.62 Å². The van der Waals surface area contributed by atoms with E-state index in [1.807, 2.05) is 11.8 Å². The van der Waals surface area contributed by atoms with Crippen LogP contribution < -0.4 is 10.0 Å². The molecule has 3 rings (SSSR count). The quantitative estimate of drug-likeness (QED) is 0.677. The highest BCUT2D eigenvalue weighted by Gasteiger charge is 2.28. The number of rotatable bonds is 7. The van der Waals surface area contributed by atoms with Crippen LogP contribution >= 0.6 is 0 Å². The lowest BCUT2D eigenvalue weighted by Crippen LogP contribution is -2.49. The Morgan fingerprint density at radius 3 is 2.58 bits per heavy atom. The zero-order valence-electron chi connectivity index (χ0n) is 17.6. The summed E-state index contributed by atoms with van der Waals surface area (Å²) in [4.78, 5) is 14.7. The summed E-state index contributed by atoms with van der Waals surface area (Å²) in [5, 5.41) is 2.50. The molecular formula is C22H27F2N3O3S. The number of anilines is 1. The first kappa shape index (κ1) is 23.3. The van der Waals surface area contributed by atoms with Crippen LogP contribution in [0.25, 0.3) is 0 Å². The highest BCUT2D eigenvalue weighted by Crippen LogP contribution is 2.21. The predicted molar refractivity (Wildman–Crippen MR) is 115 cm³/mol. The molecule has 168 valence electrons. The summed E-state index contributed by atoms with van der Waals surface area (Å²) in [6.45, 7) is 5.10. The van der Waals surface area contributed by atoms with Crippen LogP contribution in [0.3, 0.4) is 0 Å². The van der Waals surface area contributed by atoms with Gasteiger partial charge in [-0.3, -0.25) is 9.69 Å². The van der Waals surface area contributed by atoms with Crippen molar-refractivity contribution in [3.05, 3.63) is 59.7 Å². The van der Waals surface area contributed by atoms with Crippen molar-refractivity contribution in [2.24, 2.45) is 5.92 Å². The molecule has 0 radical (unpaired) electrons. The largest absolute Gasteiger partial charge is 0.322 e. The van der Waals surface area contributed by atoms with Crippen LogP contribution in [0.1, 0.15) is 25.3 Å². The Kier molecular flexibility index (Phi) is 7.40. The van der Waals surface area contributed by atoms with Crippen LogP contribution in [0.2, 0.25) is 0 Å². The molecule has 1 aliphatic heterocycles. The predicted octanol–water partition coefficient (Wildman–Crippen LogP) is 3.29. The lowest BCUT2D eigenvalue weighted by molar-refractivity contribution is -0.121. The second-order valence-electron chi connectivity index (χ2n) is 7.96. The fourth-order valence-corrected chi connectivity index (χ4v) is 4.75. The van der Waals surface area contributed by atoms with E-state index >= 15 is 0 Å². The molecule has 6 nitrogen and oxygen atoms in total. The lowest BCUT2D eigenvalue weighted by atomic mass is 9.97. The first-order valence-corrected chi connectivity index (χ1v) is 11.7. The molecule has 1 saturated heterocycles. The van der Waals surface area contributed by atoms with Crippen molar-refractivity contribution >= 4 is 21.6 Å². The van der Waals surface area contributed by atoms with E-state index in [0.717, 1.165) is 30.5 Å². The van der Waals surface area contributed by atoms with E-state index in [2.05, 4.69) is 10.0 Å². The van der Waals surface area contributed by atoms with E-state index in [4.69, 9.17) is 0 Å². The summed E-state index contributed by atoms with van der Waals surface area (Å²) in [6.07, 6.45) is 1.66. The molecule has 0 saturated carbocycles. The summed E-state index contributed by atoms with van der Waals surface area (Å²) >= 11 is 0. The minimum atomic E-state index is -3.60. The number of amides is 1. The standard InChI is InChI=1S/C22H27F2N3O3S/c1-15-5-8-19(9-6-15)31(29,30)25-13-17-4-3-11-27(14-17)16(2)22(28)26-21-10-7-18(23)12-20(21)24/h5-10,12,16-17,25H,3-4,11,13-14H2,1-2H3,(H,26,28). The molecule has 2 aromatic rings. The highest BCUT2D eigenvalue weighted by molar-refractivity contribution is 7.89. The zero-order valence-corrected chi connectivity index (χ0v) is 18.4. The lowest BCUT2D eigenvalue weighted by Gasteiger charge is -2.36. The van der Waals surface area contributed by atoms with Gasteiger partial charge in [-0.15, -0.1) is 0 Å². The van der Waals surface area contributed by atoms with Gasteiger partial charge in [0, 0.05) is 19.2 Å². The molecular weight excluding hydrogens is 424 g/mol. The van der Waals surface area contributed by atoms with Crippen molar-refractivity contribution < 1.29 is 22.0 Å². The summed E-state index contributed by atoms with van der Waals surface area (Å²) in [5.74, 6) is -1.89. The van der Waals surface area contributed by atoms with Crippen molar-refractivity contribution in [3.8, 4) is 0 Å². The van der Waals surface area contributed by atoms with E-state index in [1.165, 1.54) is 6.07 Å². The van der Waals surface area contributed by atoms with Gasteiger partial charge in [0.1, 0.15) is 11.6 Å². The van der Waals surface area contributed by atoms with Gasteiger partial charge in [0.05, 0.1) is 16.6 Å². The average Bonchev–Trinajstić information content (AvgIpc) is 2.74. The molecule has 1 heterocycles. The molecule has 2 unspecified atom stereocenters. The number of aryl methyl sites for hydroxylation is 1. The number of hydrogen-bond acceptors (Lipinski definition) is 4. The maximum Gasteiger partial charge on any atom is 0.241 e. The molecule has 2 N–H and O–H groups in total. The van der Waals surface area contributed by atoms with Gasteiger partial charge in [0.15, 0.2) is 0 Å². The van der Waals surface area contributed by atoms with Gasteiger partial charge in [-0.05, 0) is 63.4 Å². The number of benzene rings is 2. The van der Waals surface area contributed by atoms with E-state index in [0.29, 0.717) is 13.1 Å². The maximum absolute atomic E-state index is 13.8. The molecule has 0 spiro atoms. The van der Waals surface area contributed by atoms with Crippen LogP contribution in [-0.2, 0) is 14.8 Å². The summed E-state index contributed by atoms with van der Waals surface area (Å²) in [7, 11) is -3.60. The van der Waals surface area contributed by atoms with Crippen LogP contribution in [0.15, 0.2) is 47.4 Å². The van der Waals surface area contributed by atoms with Crippen molar-refractivity contribution in [1.29, 1.82) is 0 Å². The van der Waals surface area contributed by atoms with E-state index < -0.39 is 33.6 Å². The molecule has 0 bridgehead atoms. The fourth-order valence-electron chi connectivity index (χ4n) is 3.64. The molecule has 0 aliphatic carbocycles. The number of piperidine rings is 1. The molecule has 31 heavy (non-hydrogen) atoms. The zero-order chi connectivity index (χ0) is 22.6. The minimum Gasteiger partial charge on any atom is -0.322 e. The van der Waals surface area contributed by atoms with Gasteiger partial charge in [0.25, 0.3) is 0 Å². The Labute approximate surface area is 181 Å². The van der Waals surface area contributed by atoms with E-state index in [9.17, 15) is 22.0 Å². The Balaban J connectivity index is 1.56. The second kappa shape index (κ2) is 9.84. The number of nitrogens with zero attached hydrogens (tertiary/aromatic N) is 1. The monoisotopic (exact) mass is 451 g/mol. The smallest absolute Gasteiger partial charge is 0.241 e. The molecule has 2 atom stereocenters. The number of sulfonamides is 1. The Morgan fingerprint density at radius 1 is 1.19 bits per heavy atom. The number of likely N-dealkylation sites (tertiary alicyclic amines) is 1. The van der Waals surface area contributed by atoms with Gasteiger partial charge in [0.2, 0.25) is 15.9 Å². The number of hydrogen-bond donors (Lipinski definition) is 2. The van der Waals surface area contributed by atoms with Gasteiger partial charge in [-0.1, -0.05) is 17.7 Å². The third kappa shape index (κ3) is 6.09. The molecule has 1 amide bonds. The Morgan fingerprint density at radius 2 is 1.90 bits per heavy atom. The van der Waals surface area contributed by atoms with Crippen molar-refractivity contribution in [3.63, 3.8) is 0 Å². The molecule has 0 aromatic heterocycles. The van der Waals surface area contributed by atoms with Crippen LogP contribution in [0.4, 0.5) is 14.5 Å². The maximum atomic E-state index is 13.8. The fraction of sp³-hybridized carbons (Fsp3) is 0.409. The third-order valence-electron chi connectivity index (χ3n) is 5.56. The summed E-state index contributed by atoms with van der Waals surface area (Å²) < 4.78 is 54.6. The average molecular weight is 452 g/mol. The Hall–Kier alpha value is -2.36. The molecule has 1 fully saturated rings. The van der Waals surface area contributed by atoms with Gasteiger partial charge in [-0.2, -0.15) is 0 Å². The van der Waals surface area contributed by atoms with Gasteiger partial charge >= 0.3 is 0 Å². The molecule has 1 aliphatic rings. The number of nitrogens with one attached hydrogen (secondary N) is 2.